The Morgan fingerprint density at radius 1 is 1.27 bits per heavy atom. The molecule has 0 radical (unpaired) electrons. The highest BCUT2D eigenvalue weighted by atomic mass is 32.2. The molecule has 0 saturated heterocycles. The normalized spacial score (nSPS) is 15.1. The maximum absolute atomic E-state index is 13.4. The summed E-state index contributed by atoms with van der Waals surface area (Å²) in [5, 5.41) is 0. The summed E-state index contributed by atoms with van der Waals surface area (Å²) in [5.74, 6) is -0.594. The average Bonchev–Trinajstić information content (AvgIpc) is 2.16. The van der Waals surface area contributed by atoms with Gasteiger partial charge in [-0.25, -0.2) is 12.8 Å². The lowest BCUT2D eigenvalue weighted by atomic mass is 10.3. The Bertz CT molecular complexity index is 495. The van der Waals surface area contributed by atoms with Crippen molar-refractivity contribution in [3.8, 4) is 11.5 Å². The van der Waals surface area contributed by atoms with Crippen LogP contribution in [-0.4, -0.2) is 27.9 Å². The third-order valence-electron chi connectivity index (χ3n) is 2.00. The van der Waals surface area contributed by atoms with Crippen LogP contribution in [0.1, 0.15) is 0 Å². The van der Waals surface area contributed by atoms with Crippen LogP contribution in [-0.2, 0) is 9.84 Å². The van der Waals surface area contributed by atoms with Gasteiger partial charge in [0.25, 0.3) is 0 Å². The number of sulfone groups is 1. The molecule has 4 nitrogen and oxygen atoms in total. The van der Waals surface area contributed by atoms with Gasteiger partial charge in [0, 0.05) is 12.3 Å². The molecule has 0 atom stereocenters. The van der Waals surface area contributed by atoms with Gasteiger partial charge in [0.1, 0.15) is 13.2 Å². The molecule has 1 aliphatic rings. The van der Waals surface area contributed by atoms with Crippen molar-refractivity contribution in [2.75, 3.05) is 19.5 Å². The zero-order valence-corrected chi connectivity index (χ0v) is 8.80. The third-order valence-corrected chi connectivity index (χ3v) is 3.09. The molecular formula is C9H9FO4S. The summed E-state index contributed by atoms with van der Waals surface area (Å²) < 4.78 is 45.9. The highest BCUT2D eigenvalue weighted by Crippen LogP contribution is 2.35. The summed E-state index contributed by atoms with van der Waals surface area (Å²) >= 11 is 0. The largest absolute Gasteiger partial charge is 0.486 e. The molecule has 1 aromatic carbocycles. The second-order valence-corrected chi connectivity index (χ2v) is 5.22. The van der Waals surface area contributed by atoms with E-state index in [1.54, 1.807) is 0 Å². The maximum atomic E-state index is 13.4. The minimum atomic E-state index is -3.43. The molecule has 6 heteroatoms. The number of hydrogen-bond acceptors (Lipinski definition) is 4. The topological polar surface area (TPSA) is 52.6 Å². The standard InChI is InChI=1S/C9H9FO4S/c1-15(11,12)6-4-7(10)9-8(5-6)13-2-3-14-9/h4-5H,2-3H2,1H3. The SMILES string of the molecule is CS(=O)(=O)c1cc(F)c2c(c1)OCCO2. The monoisotopic (exact) mass is 232 g/mol. The van der Waals surface area contributed by atoms with Gasteiger partial charge in [0.05, 0.1) is 4.90 Å². The minimum Gasteiger partial charge on any atom is -0.486 e. The molecule has 0 saturated carbocycles. The van der Waals surface area contributed by atoms with E-state index >= 15 is 0 Å². The molecule has 82 valence electrons. The van der Waals surface area contributed by atoms with Gasteiger partial charge in [0.15, 0.2) is 27.2 Å². The Kier molecular flexibility index (Phi) is 2.30. The smallest absolute Gasteiger partial charge is 0.197 e. The number of halogens is 1. The van der Waals surface area contributed by atoms with Crippen molar-refractivity contribution in [1.29, 1.82) is 0 Å². The van der Waals surface area contributed by atoms with E-state index in [0.717, 1.165) is 12.3 Å². The lowest BCUT2D eigenvalue weighted by Gasteiger charge is -2.19. The first kappa shape index (κ1) is 10.2. The van der Waals surface area contributed by atoms with Crippen LogP contribution in [0.5, 0.6) is 11.5 Å². The minimum absolute atomic E-state index is 0.0198. The second kappa shape index (κ2) is 3.37. The van der Waals surface area contributed by atoms with Crippen LogP contribution < -0.4 is 9.47 Å². The number of hydrogen-bond donors (Lipinski definition) is 0. The van der Waals surface area contributed by atoms with Crippen molar-refractivity contribution in [1.82, 2.24) is 0 Å². The van der Waals surface area contributed by atoms with Crippen LogP contribution in [0.2, 0.25) is 0 Å². The Labute approximate surface area is 86.5 Å². The molecule has 0 unspecified atom stereocenters. The number of benzene rings is 1. The quantitative estimate of drug-likeness (QED) is 0.724. The molecule has 1 aromatic rings. The van der Waals surface area contributed by atoms with Crippen LogP contribution in [0.25, 0.3) is 0 Å². The summed E-state index contributed by atoms with van der Waals surface area (Å²) in [4.78, 5) is -0.107. The average molecular weight is 232 g/mol. The molecule has 0 aliphatic carbocycles. The van der Waals surface area contributed by atoms with Crippen LogP contribution in [0, 0.1) is 5.82 Å². The third kappa shape index (κ3) is 1.90. The van der Waals surface area contributed by atoms with Gasteiger partial charge in [-0.15, -0.1) is 0 Å². The molecule has 2 rings (SSSR count). The fourth-order valence-electron chi connectivity index (χ4n) is 1.30. The van der Waals surface area contributed by atoms with E-state index in [1.165, 1.54) is 6.07 Å². The summed E-state index contributed by atoms with van der Waals surface area (Å²) in [7, 11) is -3.43. The van der Waals surface area contributed by atoms with Crippen LogP contribution in [0.3, 0.4) is 0 Å². The molecular weight excluding hydrogens is 223 g/mol. The summed E-state index contributed by atoms with van der Waals surface area (Å²) in [6.45, 7) is 0.557. The van der Waals surface area contributed by atoms with Gasteiger partial charge in [-0.1, -0.05) is 0 Å². The number of rotatable bonds is 1. The molecule has 0 spiro atoms. The molecule has 0 aromatic heterocycles. The van der Waals surface area contributed by atoms with Crippen molar-refractivity contribution in [2.45, 2.75) is 4.90 Å². The Balaban J connectivity index is 2.60. The molecule has 0 N–H and O–H groups in total. The van der Waals surface area contributed by atoms with E-state index in [9.17, 15) is 12.8 Å². The van der Waals surface area contributed by atoms with Crippen LogP contribution in [0.4, 0.5) is 4.39 Å². The van der Waals surface area contributed by atoms with Gasteiger partial charge < -0.3 is 9.47 Å². The van der Waals surface area contributed by atoms with E-state index in [0.29, 0.717) is 6.61 Å². The Hall–Kier alpha value is -1.30. The van der Waals surface area contributed by atoms with Crippen molar-refractivity contribution in [3.63, 3.8) is 0 Å². The summed E-state index contributed by atoms with van der Waals surface area (Å²) in [5.41, 5.74) is 0. The first-order chi connectivity index (χ1) is 6.98. The van der Waals surface area contributed by atoms with E-state index in [2.05, 4.69) is 0 Å². The molecule has 0 fully saturated rings. The van der Waals surface area contributed by atoms with Crippen molar-refractivity contribution in [3.05, 3.63) is 17.9 Å². The first-order valence-corrected chi connectivity index (χ1v) is 6.17. The molecule has 15 heavy (non-hydrogen) atoms. The van der Waals surface area contributed by atoms with Gasteiger partial charge in [-0.05, 0) is 6.07 Å². The Morgan fingerprint density at radius 2 is 1.93 bits per heavy atom. The molecule has 1 aliphatic heterocycles. The second-order valence-electron chi connectivity index (χ2n) is 3.20. The van der Waals surface area contributed by atoms with Gasteiger partial charge in [-0.2, -0.15) is 0 Å². The van der Waals surface area contributed by atoms with Gasteiger partial charge in [-0.3, -0.25) is 0 Å². The van der Waals surface area contributed by atoms with E-state index < -0.39 is 15.7 Å². The fraction of sp³-hybridized carbons (Fsp3) is 0.333. The maximum Gasteiger partial charge on any atom is 0.197 e. The lowest BCUT2D eigenvalue weighted by molar-refractivity contribution is 0.163. The van der Waals surface area contributed by atoms with Gasteiger partial charge >= 0.3 is 0 Å². The molecule has 0 amide bonds. The number of fused-ring (bicyclic) bond motifs is 1. The van der Waals surface area contributed by atoms with Crippen LogP contribution in [0.15, 0.2) is 17.0 Å². The summed E-state index contributed by atoms with van der Waals surface area (Å²) in [6, 6.07) is 2.20. The van der Waals surface area contributed by atoms with E-state index in [-0.39, 0.29) is 23.0 Å². The highest BCUT2D eigenvalue weighted by molar-refractivity contribution is 7.90. The summed E-state index contributed by atoms with van der Waals surface area (Å²) in [6.07, 6.45) is 1.01. The van der Waals surface area contributed by atoms with Crippen molar-refractivity contribution >= 4 is 9.84 Å². The lowest BCUT2D eigenvalue weighted by Crippen LogP contribution is -2.17. The van der Waals surface area contributed by atoms with Crippen LogP contribution >= 0.6 is 0 Å². The van der Waals surface area contributed by atoms with Crippen molar-refractivity contribution in [2.24, 2.45) is 0 Å². The predicted octanol–water partition coefficient (Wildman–Crippen LogP) is 1.00. The molecule has 1 heterocycles. The number of ether oxygens (including phenoxy) is 2. The van der Waals surface area contributed by atoms with E-state index in [1.807, 2.05) is 0 Å². The highest BCUT2D eigenvalue weighted by Gasteiger charge is 2.20. The van der Waals surface area contributed by atoms with E-state index in [4.69, 9.17) is 9.47 Å². The zero-order valence-electron chi connectivity index (χ0n) is 7.99. The Morgan fingerprint density at radius 3 is 2.60 bits per heavy atom. The van der Waals surface area contributed by atoms with Crippen molar-refractivity contribution < 1.29 is 22.3 Å². The van der Waals surface area contributed by atoms with Gasteiger partial charge in [0.2, 0.25) is 0 Å². The zero-order chi connectivity index (χ0) is 11.1. The fourth-order valence-corrected chi connectivity index (χ4v) is 1.94. The molecule has 0 bridgehead atoms. The predicted molar refractivity (Wildman–Crippen MR) is 50.5 cm³/mol. The first-order valence-electron chi connectivity index (χ1n) is 4.27.